The largest absolute Gasteiger partial charge is 0.480 e. The van der Waals surface area contributed by atoms with Crippen molar-refractivity contribution in [3.05, 3.63) is 29.8 Å². The second-order valence-electron chi connectivity index (χ2n) is 5.91. The number of rotatable bonds is 6. The molecule has 0 aliphatic carbocycles. The molecule has 0 saturated carbocycles. The van der Waals surface area contributed by atoms with Crippen molar-refractivity contribution < 1.29 is 23.1 Å². The average Bonchev–Trinajstić information content (AvgIpc) is 2.56. The fourth-order valence-corrected chi connectivity index (χ4v) is 4.09. The molecule has 0 aromatic heterocycles. The molecule has 0 bridgehead atoms. The number of nitrogens with zero attached hydrogens (tertiary/aromatic N) is 1. The van der Waals surface area contributed by atoms with E-state index in [1.54, 1.807) is 12.1 Å². The number of carbonyl (C=O) groups excluding carboxylic acids is 1. The Bertz CT molecular complexity index is 694. The van der Waals surface area contributed by atoms with E-state index in [9.17, 15) is 18.0 Å². The molecule has 1 aromatic rings. The summed E-state index contributed by atoms with van der Waals surface area (Å²) in [5, 5.41) is 11.1. The van der Waals surface area contributed by atoms with Gasteiger partial charge in [-0.1, -0.05) is 18.6 Å². The smallest absolute Gasteiger partial charge is 0.325 e. The number of benzene rings is 1. The number of nitrogens with one attached hydrogen (secondary N) is 1. The van der Waals surface area contributed by atoms with Gasteiger partial charge in [0, 0.05) is 13.1 Å². The van der Waals surface area contributed by atoms with E-state index >= 15 is 0 Å². The highest BCUT2D eigenvalue weighted by Gasteiger charge is 2.25. The summed E-state index contributed by atoms with van der Waals surface area (Å²) in [7, 11) is -3.48. The number of carboxylic acids is 1. The Hall–Kier alpha value is -1.93. The lowest BCUT2D eigenvalue weighted by Gasteiger charge is -2.25. The van der Waals surface area contributed by atoms with Crippen LogP contribution in [0.25, 0.3) is 0 Å². The van der Waals surface area contributed by atoms with Crippen LogP contribution in [0.3, 0.4) is 0 Å². The van der Waals surface area contributed by atoms with E-state index in [4.69, 9.17) is 5.11 Å². The summed E-state index contributed by atoms with van der Waals surface area (Å²) >= 11 is 0. The third-order valence-corrected chi connectivity index (χ3v) is 5.90. The monoisotopic (exact) mass is 354 g/mol. The van der Waals surface area contributed by atoms with E-state index in [2.05, 4.69) is 5.32 Å². The zero-order chi connectivity index (χ0) is 17.7. The molecule has 0 spiro atoms. The van der Waals surface area contributed by atoms with Crippen LogP contribution in [0.5, 0.6) is 0 Å². The molecular formula is C16H22N2O5S. The standard InChI is InChI=1S/C16H22N2O5S/c1-12(16(20)21)17-15(19)11-13-5-7-14(8-6-13)24(22,23)18-9-3-2-4-10-18/h5-8,12H,2-4,9-11H2,1H3,(H,17,19)(H,20,21)/t12-/m1/s1. The first kappa shape index (κ1) is 18.4. The zero-order valence-electron chi connectivity index (χ0n) is 13.6. The van der Waals surface area contributed by atoms with Gasteiger partial charge in [0.25, 0.3) is 0 Å². The summed E-state index contributed by atoms with van der Waals surface area (Å²) in [6.07, 6.45) is 2.80. The van der Waals surface area contributed by atoms with Crippen molar-refractivity contribution in [2.45, 2.75) is 43.5 Å². The lowest BCUT2D eigenvalue weighted by atomic mass is 10.1. The van der Waals surface area contributed by atoms with Crippen molar-refractivity contribution >= 4 is 21.9 Å². The fraction of sp³-hybridized carbons (Fsp3) is 0.500. The Kier molecular flexibility index (Phi) is 5.95. The summed E-state index contributed by atoms with van der Waals surface area (Å²) in [4.78, 5) is 22.7. The highest BCUT2D eigenvalue weighted by molar-refractivity contribution is 7.89. The lowest BCUT2D eigenvalue weighted by Crippen LogP contribution is -2.39. The van der Waals surface area contributed by atoms with Crippen molar-refractivity contribution in [3.63, 3.8) is 0 Å². The molecule has 1 aliphatic rings. The first-order valence-electron chi connectivity index (χ1n) is 7.92. The van der Waals surface area contributed by atoms with Crippen molar-refractivity contribution in [3.8, 4) is 0 Å². The minimum absolute atomic E-state index is 0.00165. The molecule has 24 heavy (non-hydrogen) atoms. The van der Waals surface area contributed by atoms with Gasteiger partial charge in [0.15, 0.2) is 0 Å². The Balaban J connectivity index is 2.02. The number of hydrogen-bond acceptors (Lipinski definition) is 4. The van der Waals surface area contributed by atoms with Crippen LogP contribution >= 0.6 is 0 Å². The Morgan fingerprint density at radius 1 is 1.17 bits per heavy atom. The predicted molar refractivity (Wildman–Crippen MR) is 88.0 cm³/mol. The van der Waals surface area contributed by atoms with Gasteiger partial charge in [-0.2, -0.15) is 4.31 Å². The molecule has 1 saturated heterocycles. The van der Waals surface area contributed by atoms with E-state index < -0.39 is 27.9 Å². The summed E-state index contributed by atoms with van der Waals surface area (Å²) in [6.45, 7) is 2.47. The second-order valence-corrected chi connectivity index (χ2v) is 7.85. The van der Waals surface area contributed by atoms with Gasteiger partial charge in [-0.05, 0) is 37.5 Å². The van der Waals surface area contributed by atoms with Crippen molar-refractivity contribution in [1.29, 1.82) is 0 Å². The minimum atomic E-state index is -3.48. The quantitative estimate of drug-likeness (QED) is 0.793. The van der Waals surface area contributed by atoms with Gasteiger partial charge in [0.05, 0.1) is 11.3 Å². The Morgan fingerprint density at radius 2 is 1.75 bits per heavy atom. The number of carboxylic acid groups (broad SMARTS) is 1. The molecule has 0 unspecified atom stereocenters. The summed E-state index contributed by atoms with van der Waals surface area (Å²) in [5.41, 5.74) is 0.627. The molecule has 1 heterocycles. The number of hydrogen-bond donors (Lipinski definition) is 2. The van der Waals surface area contributed by atoms with Crippen LogP contribution in [0.1, 0.15) is 31.7 Å². The van der Waals surface area contributed by atoms with Crippen LogP contribution in [0.4, 0.5) is 0 Å². The van der Waals surface area contributed by atoms with Gasteiger partial charge in [0.2, 0.25) is 15.9 Å². The van der Waals surface area contributed by atoms with E-state index in [1.165, 1.54) is 23.4 Å². The van der Waals surface area contributed by atoms with Crippen molar-refractivity contribution in [1.82, 2.24) is 9.62 Å². The van der Waals surface area contributed by atoms with Crippen LogP contribution in [0.15, 0.2) is 29.2 Å². The third-order valence-electron chi connectivity index (χ3n) is 3.99. The Morgan fingerprint density at radius 3 is 2.29 bits per heavy atom. The third kappa shape index (κ3) is 4.55. The number of amides is 1. The molecule has 1 atom stereocenters. The van der Waals surface area contributed by atoms with Crippen LogP contribution in [0, 0.1) is 0 Å². The molecule has 132 valence electrons. The second kappa shape index (κ2) is 7.76. The van der Waals surface area contributed by atoms with Crippen molar-refractivity contribution in [2.24, 2.45) is 0 Å². The number of sulfonamides is 1. The molecule has 7 nitrogen and oxygen atoms in total. The molecule has 2 rings (SSSR count). The summed E-state index contributed by atoms with van der Waals surface area (Å²) in [6, 6.07) is 5.19. The SMILES string of the molecule is C[C@@H](NC(=O)Cc1ccc(S(=O)(=O)N2CCCCC2)cc1)C(=O)O. The molecular weight excluding hydrogens is 332 g/mol. The number of aliphatic carboxylic acids is 1. The number of carbonyl (C=O) groups is 2. The molecule has 1 fully saturated rings. The van der Waals surface area contributed by atoms with Gasteiger partial charge >= 0.3 is 5.97 Å². The van der Waals surface area contributed by atoms with Crippen LogP contribution < -0.4 is 5.32 Å². The van der Waals surface area contributed by atoms with Crippen LogP contribution in [-0.2, 0) is 26.0 Å². The molecule has 2 N–H and O–H groups in total. The van der Waals surface area contributed by atoms with E-state index in [0.29, 0.717) is 18.7 Å². The normalized spacial score (nSPS) is 17.2. The van der Waals surface area contributed by atoms with Crippen molar-refractivity contribution in [2.75, 3.05) is 13.1 Å². The lowest BCUT2D eigenvalue weighted by molar-refractivity contribution is -0.141. The molecule has 1 amide bonds. The Labute approximate surface area is 141 Å². The topological polar surface area (TPSA) is 104 Å². The minimum Gasteiger partial charge on any atom is -0.480 e. The average molecular weight is 354 g/mol. The van der Waals surface area contributed by atoms with Crippen LogP contribution in [-0.4, -0.2) is 48.8 Å². The van der Waals surface area contributed by atoms with Crippen LogP contribution in [0.2, 0.25) is 0 Å². The highest BCUT2D eigenvalue weighted by Crippen LogP contribution is 2.20. The van der Waals surface area contributed by atoms with E-state index in [1.807, 2.05) is 0 Å². The molecule has 1 aromatic carbocycles. The fourth-order valence-electron chi connectivity index (χ4n) is 2.57. The molecule has 8 heteroatoms. The first-order valence-corrected chi connectivity index (χ1v) is 9.36. The van der Waals surface area contributed by atoms with Gasteiger partial charge in [-0.25, -0.2) is 8.42 Å². The summed E-state index contributed by atoms with van der Waals surface area (Å²) < 4.78 is 26.5. The first-order chi connectivity index (χ1) is 11.3. The zero-order valence-corrected chi connectivity index (χ0v) is 14.4. The highest BCUT2D eigenvalue weighted by atomic mass is 32.2. The maximum atomic E-state index is 12.5. The van der Waals surface area contributed by atoms with Gasteiger partial charge in [-0.15, -0.1) is 0 Å². The van der Waals surface area contributed by atoms with Gasteiger partial charge in [-0.3, -0.25) is 9.59 Å². The number of piperidine rings is 1. The summed E-state index contributed by atoms with van der Waals surface area (Å²) in [5.74, 6) is -1.53. The maximum absolute atomic E-state index is 12.5. The van der Waals surface area contributed by atoms with E-state index in [0.717, 1.165) is 19.3 Å². The van der Waals surface area contributed by atoms with Gasteiger partial charge < -0.3 is 10.4 Å². The predicted octanol–water partition coefficient (Wildman–Crippen LogP) is 0.993. The maximum Gasteiger partial charge on any atom is 0.325 e. The van der Waals surface area contributed by atoms with Gasteiger partial charge in [0.1, 0.15) is 6.04 Å². The molecule has 1 aliphatic heterocycles. The van der Waals surface area contributed by atoms with E-state index in [-0.39, 0.29) is 11.3 Å². The molecule has 0 radical (unpaired) electrons.